The Kier molecular flexibility index (Phi) is 5.82. The van der Waals surface area contributed by atoms with Crippen LogP contribution in [0.3, 0.4) is 0 Å². The van der Waals surface area contributed by atoms with Crippen molar-refractivity contribution in [2.45, 2.75) is 13.3 Å². The molecule has 1 heterocycles. The minimum absolute atomic E-state index is 0.200. The van der Waals surface area contributed by atoms with Crippen molar-refractivity contribution < 1.29 is 23.5 Å². The maximum Gasteiger partial charge on any atom is 0.340 e. The van der Waals surface area contributed by atoms with Gasteiger partial charge in [-0.3, -0.25) is 9.59 Å². The van der Waals surface area contributed by atoms with Gasteiger partial charge in [-0.05, 0) is 18.1 Å². The number of carbonyl (C=O) groups excluding carboxylic acids is 2. The van der Waals surface area contributed by atoms with E-state index in [0.29, 0.717) is 22.9 Å². The molecule has 0 unspecified atom stereocenters. The van der Waals surface area contributed by atoms with Crippen molar-refractivity contribution in [1.82, 2.24) is 0 Å². The van der Waals surface area contributed by atoms with Crippen molar-refractivity contribution >= 4 is 22.8 Å². The zero-order valence-electron chi connectivity index (χ0n) is 15.8. The maximum atomic E-state index is 12.6. The second-order valence-corrected chi connectivity index (χ2v) is 6.46. The van der Waals surface area contributed by atoms with E-state index >= 15 is 0 Å². The Hall–Kier alpha value is -3.81. The third-order valence-corrected chi connectivity index (χ3v) is 4.29. The van der Waals surface area contributed by atoms with Gasteiger partial charge in [0.05, 0.1) is 5.39 Å². The monoisotopic (exact) mass is 396 g/mol. The number of primary amides is 2. The lowest BCUT2D eigenvalue weighted by Gasteiger charge is -2.14. The van der Waals surface area contributed by atoms with Gasteiger partial charge in [0, 0.05) is 24.1 Å². The molecule has 0 saturated heterocycles. The van der Waals surface area contributed by atoms with Crippen LogP contribution in [-0.2, 0) is 16.0 Å². The van der Waals surface area contributed by atoms with Crippen LogP contribution in [0.1, 0.15) is 16.7 Å². The van der Waals surface area contributed by atoms with Gasteiger partial charge >= 0.3 is 5.63 Å². The third kappa shape index (κ3) is 4.73. The first-order valence-electron chi connectivity index (χ1n) is 8.81. The lowest BCUT2D eigenvalue weighted by molar-refractivity contribution is -0.120. The minimum atomic E-state index is -0.666. The number of benzene rings is 2. The van der Waals surface area contributed by atoms with Crippen molar-refractivity contribution in [2.75, 3.05) is 13.2 Å². The van der Waals surface area contributed by atoms with Gasteiger partial charge in [-0.1, -0.05) is 30.3 Å². The van der Waals surface area contributed by atoms with Crippen LogP contribution in [0.25, 0.3) is 11.0 Å². The van der Waals surface area contributed by atoms with Crippen LogP contribution in [0.15, 0.2) is 51.7 Å². The number of hydrogen-bond donors (Lipinski definition) is 2. The zero-order chi connectivity index (χ0) is 21.0. The molecule has 0 saturated carbocycles. The highest BCUT2D eigenvalue weighted by atomic mass is 16.5. The molecule has 0 bridgehead atoms. The molecule has 8 nitrogen and oxygen atoms in total. The molecule has 2 amide bonds. The summed E-state index contributed by atoms with van der Waals surface area (Å²) in [6, 6.07) is 12.4. The average Bonchev–Trinajstić information content (AvgIpc) is 2.68. The van der Waals surface area contributed by atoms with Crippen LogP contribution in [0.5, 0.6) is 11.5 Å². The van der Waals surface area contributed by atoms with Gasteiger partial charge in [0.1, 0.15) is 17.1 Å². The van der Waals surface area contributed by atoms with Crippen LogP contribution >= 0.6 is 0 Å². The standard InChI is InChI=1S/C21H20N2O6/c1-12-15(7-13-5-3-2-4-6-13)21(26)29-17-9-14(27-10-18(22)24)8-16(20(12)17)28-11-19(23)25/h2-6,8-9H,7,10-11H2,1H3,(H2,22,24)(H2,23,25). The van der Waals surface area contributed by atoms with Gasteiger partial charge < -0.3 is 25.4 Å². The highest BCUT2D eigenvalue weighted by molar-refractivity contribution is 5.89. The quantitative estimate of drug-likeness (QED) is 0.553. The number of ether oxygens (including phenoxy) is 2. The van der Waals surface area contributed by atoms with Crippen molar-refractivity contribution in [3.63, 3.8) is 0 Å². The van der Waals surface area contributed by atoms with Crippen LogP contribution < -0.4 is 26.6 Å². The lowest BCUT2D eigenvalue weighted by Crippen LogP contribution is -2.21. The number of rotatable bonds is 8. The number of hydrogen-bond acceptors (Lipinski definition) is 6. The van der Waals surface area contributed by atoms with Gasteiger partial charge in [0.15, 0.2) is 13.2 Å². The Morgan fingerprint density at radius 2 is 1.66 bits per heavy atom. The second-order valence-electron chi connectivity index (χ2n) is 6.46. The number of fused-ring (bicyclic) bond motifs is 1. The molecule has 0 radical (unpaired) electrons. The van der Waals surface area contributed by atoms with E-state index in [1.807, 2.05) is 30.3 Å². The van der Waals surface area contributed by atoms with Gasteiger partial charge in [0.25, 0.3) is 11.8 Å². The molecular formula is C21H20N2O6. The van der Waals surface area contributed by atoms with Gasteiger partial charge in [-0.15, -0.1) is 0 Å². The summed E-state index contributed by atoms with van der Waals surface area (Å²) in [5.74, 6) is -0.882. The number of carbonyl (C=O) groups is 2. The van der Waals surface area contributed by atoms with E-state index in [1.165, 1.54) is 12.1 Å². The summed E-state index contributed by atoms with van der Waals surface area (Å²) in [5.41, 5.74) is 12.1. The maximum absolute atomic E-state index is 12.6. The molecule has 150 valence electrons. The van der Waals surface area contributed by atoms with Gasteiger partial charge in [-0.25, -0.2) is 4.79 Å². The van der Waals surface area contributed by atoms with Crippen molar-refractivity contribution in [1.29, 1.82) is 0 Å². The van der Waals surface area contributed by atoms with E-state index in [2.05, 4.69) is 0 Å². The summed E-state index contributed by atoms with van der Waals surface area (Å²) in [6.07, 6.45) is 0.375. The van der Waals surface area contributed by atoms with Crippen LogP contribution in [0.4, 0.5) is 0 Å². The Bertz CT molecular complexity index is 1120. The van der Waals surface area contributed by atoms with Crippen LogP contribution in [-0.4, -0.2) is 25.0 Å². The normalized spacial score (nSPS) is 10.7. The fraction of sp³-hybridized carbons (Fsp3) is 0.190. The summed E-state index contributed by atoms with van der Waals surface area (Å²) < 4.78 is 16.3. The molecule has 2 aromatic carbocycles. The molecule has 0 spiro atoms. The summed E-state index contributed by atoms with van der Waals surface area (Å²) >= 11 is 0. The van der Waals surface area contributed by atoms with E-state index in [4.69, 9.17) is 25.4 Å². The van der Waals surface area contributed by atoms with Crippen LogP contribution in [0, 0.1) is 6.92 Å². The highest BCUT2D eigenvalue weighted by Crippen LogP contribution is 2.34. The molecule has 0 aliphatic carbocycles. The topological polar surface area (TPSA) is 135 Å². The zero-order valence-corrected chi connectivity index (χ0v) is 15.8. The van der Waals surface area contributed by atoms with Crippen molar-refractivity contribution in [2.24, 2.45) is 11.5 Å². The first kappa shape index (κ1) is 19.9. The van der Waals surface area contributed by atoms with E-state index in [0.717, 1.165) is 5.56 Å². The summed E-state index contributed by atoms with van der Waals surface area (Å²) in [7, 11) is 0. The van der Waals surface area contributed by atoms with Crippen molar-refractivity contribution in [3.8, 4) is 11.5 Å². The molecule has 1 aromatic heterocycles. The van der Waals surface area contributed by atoms with Gasteiger partial charge in [0.2, 0.25) is 0 Å². The average molecular weight is 396 g/mol. The molecule has 3 aromatic rings. The Balaban J connectivity index is 2.13. The van der Waals surface area contributed by atoms with E-state index in [9.17, 15) is 14.4 Å². The predicted octanol–water partition coefficient (Wildman–Crippen LogP) is 1.42. The molecular weight excluding hydrogens is 376 g/mol. The largest absolute Gasteiger partial charge is 0.484 e. The summed E-state index contributed by atoms with van der Waals surface area (Å²) in [5, 5.41) is 0.517. The smallest absolute Gasteiger partial charge is 0.340 e. The Morgan fingerprint density at radius 3 is 2.31 bits per heavy atom. The molecule has 0 atom stereocenters. The summed E-state index contributed by atoms with van der Waals surface area (Å²) in [4.78, 5) is 34.8. The molecule has 3 rings (SSSR count). The number of aryl methyl sites for hydroxylation is 1. The summed E-state index contributed by atoms with van der Waals surface area (Å²) in [6.45, 7) is 1.04. The highest BCUT2D eigenvalue weighted by Gasteiger charge is 2.18. The lowest BCUT2D eigenvalue weighted by atomic mass is 9.99. The van der Waals surface area contributed by atoms with E-state index < -0.39 is 17.4 Å². The van der Waals surface area contributed by atoms with E-state index in [1.54, 1.807) is 6.92 Å². The van der Waals surface area contributed by atoms with Crippen LogP contribution in [0.2, 0.25) is 0 Å². The van der Waals surface area contributed by atoms with Crippen molar-refractivity contribution in [3.05, 3.63) is 69.6 Å². The predicted molar refractivity (Wildman–Crippen MR) is 106 cm³/mol. The fourth-order valence-corrected chi connectivity index (χ4v) is 2.99. The molecule has 0 fully saturated rings. The van der Waals surface area contributed by atoms with Gasteiger partial charge in [-0.2, -0.15) is 0 Å². The first-order chi connectivity index (χ1) is 13.8. The second kappa shape index (κ2) is 8.47. The third-order valence-electron chi connectivity index (χ3n) is 4.29. The first-order valence-corrected chi connectivity index (χ1v) is 8.81. The molecule has 0 aliphatic heterocycles. The molecule has 8 heteroatoms. The number of nitrogens with two attached hydrogens (primary N) is 2. The van der Waals surface area contributed by atoms with E-state index in [-0.39, 0.29) is 30.3 Å². The number of amides is 2. The Morgan fingerprint density at radius 1 is 1.00 bits per heavy atom. The molecule has 0 aliphatic rings. The Labute approximate surface area is 166 Å². The molecule has 29 heavy (non-hydrogen) atoms. The molecule has 4 N–H and O–H groups in total. The minimum Gasteiger partial charge on any atom is -0.484 e. The SMILES string of the molecule is Cc1c(Cc2ccccc2)c(=O)oc2cc(OCC(N)=O)cc(OCC(N)=O)c12. The fourth-order valence-electron chi connectivity index (χ4n) is 2.99.